The molecular formula is C23H31N5O4. The molecule has 3 N–H and O–H groups in total. The van der Waals surface area contributed by atoms with Crippen molar-refractivity contribution in [3.05, 3.63) is 28.7 Å². The number of benzene rings is 1. The van der Waals surface area contributed by atoms with Crippen LogP contribution in [-0.4, -0.2) is 60.0 Å². The second-order valence-electron chi connectivity index (χ2n) is 9.43. The van der Waals surface area contributed by atoms with Crippen LogP contribution in [0.15, 0.2) is 27.4 Å². The lowest BCUT2D eigenvalue weighted by Gasteiger charge is -2.38. The molecule has 1 aromatic carbocycles. The Morgan fingerprint density at radius 1 is 1.00 bits per heavy atom. The number of piperidine rings is 3. The highest BCUT2D eigenvalue weighted by atomic mass is 16.4. The van der Waals surface area contributed by atoms with Gasteiger partial charge >= 0.3 is 5.76 Å². The van der Waals surface area contributed by atoms with E-state index in [4.69, 9.17) is 10.2 Å². The van der Waals surface area contributed by atoms with Gasteiger partial charge in [-0.2, -0.15) is 0 Å². The van der Waals surface area contributed by atoms with Gasteiger partial charge in [0.2, 0.25) is 11.8 Å². The minimum absolute atomic E-state index is 0.215. The number of hydrogen-bond donors (Lipinski definition) is 2. The van der Waals surface area contributed by atoms with Gasteiger partial charge < -0.3 is 20.0 Å². The number of rotatable bonds is 4. The Kier molecular flexibility index (Phi) is 5.77. The molecule has 3 fully saturated rings. The summed E-state index contributed by atoms with van der Waals surface area (Å²) in [4.78, 5) is 41.1. The lowest BCUT2D eigenvalue weighted by atomic mass is 9.94. The number of likely N-dealkylation sites (tertiary alicyclic amines) is 1. The van der Waals surface area contributed by atoms with E-state index in [0.29, 0.717) is 29.5 Å². The van der Waals surface area contributed by atoms with E-state index in [1.807, 2.05) is 18.2 Å². The molecule has 0 bridgehead atoms. The molecule has 1 unspecified atom stereocenters. The summed E-state index contributed by atoms with van der Waals surface area (Å²) in [7, 11) is 0. The number of nitrogens with one attached hydrogen (secondary N) is 1. The molecule has 4 heterocycles. The highest BCUT2D eigenvalue weighted by Crippen LogP contribution is 2.29. The summed E-state index contributed by atoms with van der Waals surface area (Å²) >= 11 is 0. The van der Waals surface area contributed by atoms with E-state index in [0.717, 1.165) is 64.1 Å². The van der Waals surface area contributed by atoms with E-state index in [2.05, 4.69) is 15.1 Å². The molecule has 32 heavy (non-hydrogen) atoms. The molecule has 172 valence electrons. The summed E-state index contributed by atoms with van der Waals surface area (Å²) in [5, 5.41) is 2.31. The van der Waals surface area contributed by atoms with Gasteiger partial charge in [-0.1, -0.05) is 0 Å². The number of aromatic nitrogens is 1. The Hall–Kier alpha value is -2.65. The van der Waals surface area contributed by atoms with Crippen molar-refractivity contribution in [2.24, 2.45) is 11.7 Å². The standard InChI is InChI=1S/C23H31N5O4/c24-16-7-9-26(10-8-16)14-15-5-11-27(12-6-15)17-1-2-18-20(13-17)32-23(31)28(18)19-3-4-21(29)25-22(19)30/h1-2,13,15-16,19H,3-12,14,24H2,(H,25,29,30). The Morgan fingerprint density at radius 3 is 2.47 bits per heavy atom. The lowest BCUT2D eigenvalue weighted by molar-refractivity contribution is -0.135. The van der Waals surface area contributed by atoms with Crippen molar-refractivity contribution in [3.63, 3.8) is 0 Å². The quantitative estimate of drug-likeness (QED) is 0.686. The van der Waals surface area contributed by atoms with E-state index >= 15 is 0 Å². The SMILES string of the molecule is NC1CCN(CC2CCN(c3ccc4c(c3)oc(=O)n4C3CCC(=O)NC3=O)CC2)CC1. The lowest BCUT2D eigenvalue weighted by Crippen LogP contribution is -2.44. The summed E-state index contributed by atoms with van der Waals surface area (Å²) in [6, 6.07) is 5.39. The maximum atomic E-state index is 12.5. The highest BCUT2D eigenvalue weighted by Gasteiger charge is 2.31. The zero-order chi connectivity index (χ0) is 22.2. The first-order chi connectivity index (χ1) is 15.5. The van der Waals surface area contributed by atoms with Crippen molar-refractivity contribution in [1.29, 1.82) is 0 Å². The molecule has 5 rings (SSSR count). The van der Waals surface area contributed by atoms with Crippen molar-refractivity contribution >= 4 is 28.6 Å². The summed E-state index contributed by atoms with van der Waals surface area (Å²) in [5.74, 6) is -0.614. The van der Waals surface area contributed by atoms with Crippen molar-refractivity contribution in [1.82, 2.24) is 14.8 Å². The van der Waals surface area contributed by atoms with Crippen molar-refractivity contribution < 1.29 is 14.0 Å². The first-order valence-corrected chi connectivity index (χ1v) is 11.7. The second kappa shape index (κ2) is 8.71. The van der Waals surface area contributed by atoms with Gasteiger partial charge in [0.15, 0.2) is 5.58 Å². The van der Waals surface area contributed by atoms with Crippen molar-refractivity contribution in [2.75, 3.05) is 37.6 Å². The van der Waals surface area contributed by atoms with Gasteiger partial charge in [0, 0.05) is 43.9 Å². The van der Waals surface area contributed by atoms with E-state index in [1.54, 1.807) is 0 Å². The summed E-state index contributed by atoms with van der Waals surface area (Å²) < 4.78 is 6.86. The normalized spacial score (nSPS) is 24.3. The fourth-order valence-electron chi connectivity index (χ4n) is 5.32. The first kappa shape index (κ1) is 21.2. The third-order valence-electron chi connectivity index (χ3n) is 7.25. The third-order valence-corrected chi connectivity index (χ3v) is 7.25. The molecule has 3 aliphatic rings. The Labute approximate surface area is 186 Å². The van der Waals surface area contributed by atoms with Crippen LogP contribution in [0.4, 0.5) is 5.69 Å². The molecule has 1 atom stereocenters. The molecule has 0 aliphatic carbocycles. The molecule has 0 spiro atoms. The number of hydrogen-bond acceptors (Lipinski definition) is 7. The van der Waals surface area contributed by atoms with Crippen LogP contribution in [0.5, 0.6) is 0 Å². The van der Waals surface area contributed by atoms with Crippen molar-refractivity contribution in [2.45, 2.75) is 50.6 Å². The molecule has 9 heteroatoms. The summed E-state index contributed by atoms with van der Waals surface area (Å²) in [6.07, 6.45) is 5.00. The Bertz CT molecular complexity index is 1060. The van der Waals surface area contributed by atoms with Gasteiger partial charge in [0.1, 0.15) is 6.04 Å². The largest absolute Gasteiger partial charge is 0.420 e. The number of oxazole rings is 1. The Morgan fingerprint density at radius 2 is 1.75 bits per heavy atom. The van der Waals surface area contributed by atoms with Crippen LogP contribution < -0.4 is 21.7 Å². The number of amides is 2. The zero-order valence-corrected chi connectivity index (χ0v) is 18.3. The van der Waals surface area contributed by atoms with Crippen LogP contribution >= 0.6 is 0 Å². The summed E-state index contributed by atoms with van der Waals surface area (Å²) in [6.45, 7) is 5.33. The van der Waals surface area contributed by atoms with Crippen LogP contribution in [0.1, 0.15) is 44.6 Å². The van der Waals surface area contributed by atoms with Gasteiger partial charge in [-0.25, -0.2) is 4.79 Å². The molecule has 3 aliphatic heterocycles. The molecule has 2 amide bonds. The van der Waals surface area contributed by atoms with Gasteiger partial charge in [0.05, 0.1) is 5.52 Å². The second-order valence-corrected chi connectivity index (χ2v) is 9.43. The van der Waals surface area contributed by atoms with Gasteiger partial charge in [-0.3, -0.25) is 19.5 Å². The molecule has 3 saturated heterocycles. The number of imide groups is 1. The zero-order valence-electron chi connectivity index (χ0n) is 18.3. The first-order valence-electron chi connectivity index (χ1n) is 11.7. The van der Waals surface area contributed by atoms with Gasteiger partial charge in [-0.05, 0) is 63.2 Å². The van der Waals surface area contributed by atoms with Crippen LogP contribution in [0, 0.1) is 5.92 Å². The minimum Gasteiger partial charge on any atom is -0.408 e. The fourth-order valence-corrected chi connectivity index (χ4v) is 5.32. The molecule has 2 aromatic rings. The van der Waals surface area contributed by atoms with Gasteiger partial charge in [0.25, 0.3) is 0 Å². The van der Waals surface area contributed by atoms with Crippen LogP contribution in [-0.2, 0) is 9.59 Å². The minimum atomic E-state index is -0.715. The average molecular weight is 442 g/mol. The average Bonchev–Trinajstić information content (AvgIpc) is 3.11. The molecule has 9 nitrogen and oxygen atoms in total. The van der Waals surface area contributed by atoms with E-state index in [1.165, 1.54) is 4.57 Å². The number of nitrogens with two attached hydrogens (primary N) is 1. The van der Waals surface area contributed by atoms with E-state index in [9.17, 15) is 14.4 Å². The van der Waals surface area contributed by atoms with E-state index in [-0.39, 0.29) is 12.3 Å². The number of anilines is 1. The Balaban J connectivity index is 1.26. The summed E-state index contributed by atoms with van der Waals surface area (Å²) in [5.41, 5.74) is 8.12. The molecular weight excluding hydrogens is 410 g/mol. The molecule has 0 radical (unpaired) electrons. The van der Waals surface area contributed by atoms with Crippen LogP contribution in [0.25, 0.3) is 11.1 Å². The maximum absolute atomic E-state index is 12.5. The topological polar surface area (TPSA) is 114 Å². The molecule has 0 saturated carbocycles. The highest BCUT2D eigenvalue weighted by molar-refractivity contribution is 6.00. The van der Waals surface area contributed by atoms with Gasteiger partial charge in [-0.15, -0.1) is 0 Å². The number of carbonyl (C=O) groups excluding carboxylic acids is 2. The number of nitrogens with zero attached hydrogens (tertiary/aromatic N) is 3. The molecule has 1 aromatic heterocycles. The third kappa shape index (κ3) is 4.19. The smallest absolute Gasteiger partial charge is 0.408 e. The monoisotopic (exact) mass is 441 g/mol. The predicted octanol–water partition coefficient (Wildman–Crippen LogP) is 1.21. The van der Waals surface area contributed by atoms with Crippen molar-refractivity contribution in [3.8, 4) is 0 Å². The number of carbonyl (C=O) groups is 2. The van der Waals surface area contributed by atoms with Crippen LogP contribution in [0.2, 0.25) is 0 Å². The fraction of sp³-hybridized carbons (Fsp3) is 0.609. The predicted molar refractivity (Wildman–Crippen MR) is 120 cm³/mol. The van der Waals surface area contributed by atoms with E-state index < -0.39 is 17.7 Å². The van der Waals surface area contributed by atoms with Crippen LogP contribution in [0.3, 0.4) is 0 Å². The maximum Gasteiger partial charge on any atom is 0.420 e. The number of fused-ring (bicyclic) bond motifs is 1.